The van der Waals surface area contributed by atoms with Crippen LogP contribution < -0.4 is 5.32 Å². The third kappa shape index (κ3) is 4.65. The molecule has 0 bridgehead atoms. The molecule has 1 N–H and O–H groups in total. The zero-order valence-corrected chi connectivity index (χ0v) is 15.0. The van der Waals surface area contributed by atoms with Gasteiger partial charge in [0.2, 0.25) is 11.8 Å². The summed E-state index contributed by atoms with van der Waals surface area (Å²) < 4.78 is 0. The van der Waals surface area contributed by atoms with Crippen LogP contribution in [0.5, 0.6) is 0 Å². The minimum Gasteiger partial charge on any atom is -0.351 e. The Labute approximate surface area is 153 Å². The summed E-state index contributed by atoms with van der Waals surface area (Å²) in [6.45, 7) is 2.67. The number of pyridine rings is 2. The maximum absolute atomic E-state index is 12.7. The first-order valence-corrected chi connectivity index (χ1v) is 9.02. The highest BCUT2D eigenvalue weighted by atomic mass is 16.2. The molecule has 0 radical (unpaired) electrons. The van der Waals surface area contributed by atoms with Crippen LogP contribution in [0, 0.1) is 0 Å². The van der Waals surface area contributed by atoms with Crippen molar-refractivity contribution in [3.8, 4) is 0 Å². The van der Waals surface area contributed by atoms with Crippen molar-refractivity contribution in [3.63, 3.8) is 0 Å². The van der Waals surface area contributed by atoms with Gasteiger partial charge in [0.15, 0.2) is 0 Å². The van der Waals surface area contributed by atoms with E-state index in [2.05, 4.69) is 15.3 Å². The van der Waals surface area contributed by atoms with E-state index in [9.17, 15) is 9.59 Å². The third-order valence-corrected chi connectivity index (χ3v) is 4.61. The standard InChI is InChI=1S/C20H24N4O2/c1-15(25)22-14-17-6-2-7-18(23-17)19-8-4-12-24(19)20(26)10-9-16-5-3-11-21-13-16/h2-3,5-7,11,13,19H,4,8-10,12,14H2,1H3,(H,22,25). The summed E-state index contributed by atoms with van der Waals surface area (Å²) in [5.41, 5.74) is 2.79. The maximum atomic E-state index is 12.7. The zero-order chi connectivity index (χ0) is 18.4. The smallest absolute Gasteiger partial charge is 0.223 e. The fraction of sp³-hybridized carbons (Fsp3) is 0.400. The number of likely N-dealkylation sites (tertiary alicyclic amines) is 1. The summed E-state index contributed by atoms with van der Waals surface area (Å²) in [5, 5.41) is 2.76. The van der Waals surface area contributed by atoms with Crippen molar-refractivity contribution < 1.29 is 9.59 Å². The van der Waals surface area contributed by atoms with Crippen LogP contribution in [-0.4, -0.2) is 33.2 Å². The highest BCUT2D eigenvalue weighted by Gasteiger charge is 2.30. The molecule has 26 heavy (non-hydrogen) atoms. The number of nitrogens with zero attached hydrogens (tertiary/aromatic N) is 3. The first kappa shape index (κ1) is 18.0. The first-order chi connectivity index (χ1) is 12.6. The van der Waals surface area contributed by atoms with Crippen molar-refractivity contribution in [2.24, 2.45) is 0 Å². The Hall–Kier alpha value is -2.76. The second-order valence-electron chi connectivity index (χ2n) is 6.57. The molecular formula is C20H24N4O2. The number of hydrogen-bond acceptors (Lipinski definition) is 4. The quantitative estimate of drug-likeness (QED) is 0.866. The molecular weight excluding hydrogens is 328 g/mol. The first-order valence-electron chi connectivity index (χ1n) is 9.02. The van der Waals surface area contributed by atoms with Crippen molar-refractivity contribution in [1.29, 1.82) is 0 Å². The van der Waals surface area contributed by atoms with E-state index >= 15 is 0 Å². The Morgan fingerprint density at radius 1 is 1.27 bits per heavy atom. The Kier molecular flexibility index (Phi) is 5.94. The Balaban J connectivity index is 1.64. The molecule has 6 nitrogen and oxygen atoms in total. The van der Waals surface area contributed by atoms with E-state index in [1.165, 1.54) is 6.92 Å². The van der Waals surface area contributed by atoms with E-state index in [1.807, 2.05) is 41.4 Å². The van der Waals surface area contributed by atoms with Gasteiger partial charge in [0.05, 0.1) is 24.0 Å². The fourth-order valence-electron chi connectivity index (χ4n) is 3.31. The van der Waals surface area contributed by atoms with Gasteiger partial charge < -0.3 is 10.2 Å². The molecule has 3 heterocycles. The molecule has 2 aromatic heterocycles. The van der Waals surface area contributed by atoms with Crippen molar-refractivity contribution >= 4 is 11.8 Å². The van der Waals surface area contributed by atoms with Crippen molar-refractivity contribution in [2.45, 2.75) is 45.2 Å². The van der Waals surface area contributed by atoms with Gasteiger partial charge in [-0.2, -0.15) is 0 Å². The minimum atomic E-state index is -0.0784. The normalized spacial score (nSPS) is 16.5. The van der Waals surface area contributed by atoms with Gasteiger partial charge in [-0.3, -0.25) is 19.6 Å². The van der Waals surface area contributed by atoms with E-state index in [0.29, 0.717) is 19.4 Å². The van der Waals surface area contributed by atoms with Gasteiger partial charge in [0.25, 0.3) is 0 Å². The molecule has 1 fully saturated rings. The van der Waals surface area contributed by atoms with E-state index in [0.717, 1.165) is 36.3 Å². The van der Waals surface area contributed by atoms with Gasteiger partial charge in [-0.15, -0.1) is 0 Å². The van der Waals surface area contributed by atoms with Crippen LogP contribution in [0.25, 0.3) is 0 Å². The predicted octanol–water partition coefficient (Wildman–Crippen LogP) is 2.41. The van der Waals surface area contributed by atoms with Gasteiger partial charge in [-0.05, 0) is 43.0 Å². The van der Waals surface area contributed by atoms with Gasteiger partial charge >= 0.3 is 0 Å². The molecule has 0 aromatic carbocycles. The van der Waals surface area contributed by atoms with E-state index in [1.54, 1.807) is 6.20 Å². The predicted molar refractivity (Wildman–Crippen MR) is 98.0 cm³/mol. The molecule has 1 aliphatic rings. The number of rotatable bonds is 6. The second kappa shape index (κ2) is 8.56. The van der Waals surface area contributed by atoms with Gasteiger partial charge in [-0.1, -0.05) is 12.1 Å². The largest absolute Gasteiger partial charge is 0.351 e. The van der Waals surface area contributed by atoms with Gasteiger partial charge in [-0.25, -0.2) is 0 Å². The molecule has 1 saturated heterocycles. The molecule has 0 saturated carbocycles. The molecule has 136 valence electrons. The lowest BCUT2D eigenvalue weighted by Gasteiger charge is -2.25. The Morgan fingerprint density at radius 3 is 2.92 bits per heavy atom. The molecule has 1 aliphatic heterocycles. The topological polar surface area (TPSA) is 75.2 Å². The molecule has 0 aliphatic carbocycles. The lowest BCUT2D eigenvalue weighted by Crippen LogP contribution is -2.31. The summed E-state index contributed by atoms with van der Waals surface area (Å²) >= 11 is 0. The summed E-state index contributed by atoms with van der Waals surface area (Å²) in [6, 6.07) is 9.71. The molecule has 2 aromatic rings. The molecule has 6 heteroatoms. The van der Waals surface area contributed by atoms with Gasteiger partial charge in [0.1, 0.15) is 0 Å². The zero-order valence-electron chi connectivity index (χ0n) is 15.0. The average molecular weight is 352 g/mol. The van der Waals surface area contributed by atoms with Gasteiger partial charge in [0, 0.05) is 32.3 Å². The van der Waals surface area contributed by atoms with Crippen LogP contribution in [0.15, 0.2) is 42.7 Å². The lowest BCUT2D eigenvalue weighted by molar-refractivity contribution is -0.132. The molecule has 1 unspecified atom stereocenters. The van der Waals surface area contributed by atoms with Crippen molar-refractivity contribution in [2.75, 3.05) is 6.54 Å². The minimum absolute atomic E-state index is 0.0219. The summed E-state index contributed by atoms with van der Waals surface area (Å²) in [4.78, 5) is 34.5. The van der Waals surface area contributed by atoms with Crippen LogP contribution >= 0.6 is 0 Å². The number of carbonyl (C=O) groups is 2. The van der Waals surface area contributed by atoms with Crippen LogP contribution in [0.2, 0.25) is 0 Å². The van der Waals surface area contributed by atoms with E-state index in [-0.39, 0.29) is 17.9 Å². The van der Waals surface area contributed by atoms with E-state index in [4.69, 9.17) is 0 Å². The summed E-state index contributed by atoms with van der Waals surface area (Å²) in [7, 11) is 0. The highest BCUT2D eigenvalue weighted by Crippen LogP contribution is 2.31. The molecule has 2 amide bonds. The number of amides is 2. The molecule has 1 atom stereocenters. The maximum Gasteiger partial charge on any atom is 0.223 e. The highest BCUT2D eigenvalue weighted by molar-refractivity contribution is 5.77. The monoisotopic (exact) mass is 352 g/mol. The van der Waals surface area contributed by atoms with Crippen molar-refractivity contribution in [3.05, 3.63) is 59.7 Å². The number of nitrogens with one attached hydrogen (secondary N) is 1. The SMILES string of the molecule is CC(=O)NCc1cccc(C2CCCN2C(=O)CCc2cccnc2)n1. The summed E-state index contributed by atoms with van der Waals surface area (Å²) in [6.07, 6.45) is 6.64. The van der Waals surface area contributed by atoms with Crippen molar-refractivity contribution in [1.82, 2.24) is 20.2 Å². The fourth-order valence-corrected chi connectivity index (χ4v) is 3.31. The number of aromatic nitrogens is 2. The molecule has 0 spiro atoms. The van der Waals surface area contributed by atoms with E-state index < -0.39 is 0 Å². The third-order valence-electron chi connectivity index (χ3n) is 4.61. The Bertz CT molecular complexity index is 763. The van der Waals surface area contributed by atoms with Crippen LogP contribution in [0.3, 0.4) is 0 Å². The number of hydrogen-bond donors (Lipinski definition) is 1. The lowest BCUT2D eigenvalue weighted by atomic mass is 10.1. The number of aryl methyl sites for hydroxylation is 1. The van der Waals surface area contributed by atoms with Crippen LogP contribution in [0.4, 0.5) is 0 Å². The molecule has 3 rings (SSSR count). The average Bonchev–Trinajstić information content (AvgIpc) is 3.15. The second-order valence-corrected chi connectivity index (χ2v) is 6.57. The Morgan fingerprint density at radius 2 is 2.15 bits per heavy atom. The summed E-state index contributed by atoms with van der Waals surface area (Å²) in [5.74, 6) is 0.0793. The van der Waals surface area contributed by atoms with Crippen LogP contribution in [-0.2, 0) is 22.6 Å². The number of carbonyl (C=O) groups excluding carboxylic acids is 2. The van der Waals surface area contributed by atoms with Crippen LogP contribution in [0.1, 0.15) is 49.2 Å².